The molecule has 34 heavy (non-hydrogen) atoms. The summed E-state index contributed by atoms with van der Waals surface area (Å²) in [4.78, 5) is 13.2. The lowest BCUT2D eigenvalue weighted by Crippen LogP contribution is -2.59. The Morgan fingerprint density at radius 2 is 1.74 bits per heavy atom. The summed E-state index contributed by atoms with van der Waals surface area (Å²) in [6.07, 6.45) is -1.18. The van der Waals surface area contributed by atoms with E-state index in [-0.39, 0.29) is 24.3 Å². The van der Waals surface area contributed by atoms with Gasteiger partial charge in [-0.2, -0.15) is 0 Å². The van der Waals surface area contributed by atoms with Crippen molar-refractivity contribution in [1.82, 2.24) is 10.0 Å². The molecule has 3 aliphatic rings. The van der Waals surface area contributed by atoms with Crippen LogP contribution in [0, 0.1) is 0 Å². The second-order valence-electron chi connectivity index (χ2n) is 9.35. The highest BCUT2D eigenvalue weighted by molar-refractivity contribution is 5.90. The van der Waals surface area contributed by atoms with Crippen LogP contribution in [0.3, 0.4) is 0 Å². The Morgan fingerprint density at radius 3 is 2.56 bits per heavy atom. The summed E-state index contributed by atoms with van der Waals surface area (Å²) in [5.74, 6) is 0.787. The highest BCUT2D eigenvalue weighted by Gasteiger charge is 2.61. The van der Waals surface area contributed by atoms with Crippen molar-refractivity contribution in [2.75, 3.05) is 18.9 Å². The molecule has 0 saturated carbocycles. The van der Waals surface area contributed by atoms with E-state index in [2.05, 4.69) is 17.4 Å². The van der Waals surface area contributed by atoms with Crippen LogP contribution in [0.5, 0.6) is 11.5 Å². The number of benzene rings is 3. The van der Waals surface area contributed by atoms with Crippen LogP contribution in [0.1, 0.15) is 13.8 Å². The van der Waals surface area contributed by atoms with Crippen LogP contribution in [0.15, 0.2) is 66.7 Å². The first-order valence-corrected chi connectivity index (χ1v) is 11.5. The highest BCUT2D eigenvalue weighted by Crippen LogP contribution is 2.42. The van der Waals surface area contributed by atoms with E-state index in [4.69, 9.17) is 18.9 Å². The van der Waals surface area contributed by atoms with Gasteiger partial charge >= 0.3 is 6.03 Å². The summed E-state index contributed by atoms with van der Waals surface area (Å²) in [6, 6.07) is 21.1. The summed E-state index contributed by atoms with van der Waals surface area (Å²) >= 11 is 0. The number of fused-ring (bicyclic) bond motifs is 6. The molecule has 0 radical (unpaired) electrons. The lowest BCUT2D eigenvalue weighted by atomic mass is 10.1. The molecule has 0 aliphatic carbocycles. The molecule has 8 heteroatoms. The fourth-order valence-electron chi connectivity index (χ4n) is 5.01. The number of urea groups is 1. The van der Waals surface area contributed by atoms with Gasteiger partial charge in [0.25, 0.3) is 0 Å². The Morgan fingerprint density at radius 1 is 1.00 bits per heavy atom. The number of rotatable bonds is 3. The lowest BCUT2D eigenvalue weighted by Gasteiger charge is -2.42. The second kappa shape index (κ2) is 7.95. The normalized spacial score (nSPS) is 27.6. The van der Waals surface area contributed by atoms with E-state index in [9.17, 15) is 4.79 Å². The first-order valence-electron chi connectivity index (χ1n) is 11.5. The van der Waals surface area contributed by atoms with Gasteiger partial charge in [-0.25, -0.2) is 14.8 Å². The molecular formula is C26H27N3O5. The molecule has 6 rings (SSSR count). The fourth-order valence-corrected chi connectivity index (χ4v) is 5.01. The van der Waals surface area contributed by atoms with Gasteiger partial charge in [0.05, 0.1) is 0 Å². The maximum Gasteiger partial charge on any atom is 0.338 e. The topological polar surface area (TPSA) is 72.5 Å². The number of carbonyl (C=O) groups excluding carboxylic acids is 1. The Kier molecular flexibility index (Phi) is 5.00. The van der Waals surface area contributed by atoms with E-state index in [0.29, 0.717) is 18.0 Å². The molecule has 3 aliphatic heterocycles. The van der Waals surface area contributed by atoms with Crippen molar-refractivity contribution < 1.29 is 23.7 Å². The zero-order valence-corrected chi connectivity index (χ0v) is 19.3. The third-order valence-electron chi connectivity index (χ3n) is 6.47. The molecule has 3 heterocycles. The number of hydrazine groups is 1. The van der Waals surface area contributed by atoms with Crippen molar-refractivity contribution in [1.29, 1.82) is 0 Å². The standard InChI is InChI=1S/C26H27N3O5/c1-26(2)33-22-21-15-28(3)29(24(32-21)23(22)34-26)25(30)27-17-11-13-18(14-12-17)31-20-10-6-8-16-7-4-5-9-19(16)20/h4-14,21-24H,15H2,1-3H3,(H,27,30)/t21-,22-,23-,24-/m1/s1. The number of hydrogen-bond acceptors (Lipinski definition) is 6. The van der Waals surface area contributed by atoms with Crippen LogP contribution in [0.2, 0.25) is 0 Å². The summed E-state index contributed by atoms with van der Waals surface area (Å²) in [6.45, 7) is 4.32. The molecule has 3 saturated heterocycles. The van der Waals surface area contributed by atoms with E-state index in [1.54, 1.807) is 5.01 Å². The SMILES string of the molecule is CN1C[C@H]2O[C@H]([C@@H]3OC(C)(C)O[C@@H]32)N1C(=O)Nc1ccc(Oc2cccc3ccccc23)cc1. The van der Waals surface area contributed by atoms with Crippen LogP contribution in [0.25, 0.3) is 10.8 Å². The van der Waals surface area contributed by atoms with Gasteiger partial charge in [0.15, 0.2) is 12.0 Å². The largest absolute Gasteiger partial charge is 0.457 e. The summed E-state index contributed by atoms with van der Waals surface area (Å²) < 4.78 is 24.3. The van der Waals surface area contributed by atoms with Gasteiger partial charge in [0.2, 0.25) is 0 Å². The third-order valence-corrected chi connectivity index (χ3v) is 6.47. The number of anilines is 1. The summed E-state index contributed by atoms with van der Waals surface area (Å²) in [7, 11) is 1.87. The molecule has 1 N–H and O–H groups in total. The average Bonchev–Trinajstić information content (AvgIpc) is 3.27. The van der Waals surface area contributed by atoms with Crippen molar-refractivity contribution in [2.45, 2.75) is 44.2 Å². The van der Waals surface area contributed by atoms with Gasteiger partial charge in [-0.3, -0.25) is 0 Å². The maximum absolute atomic E-state index is 13.2. The Bertz CT molecular complexity index is 1220. The van der Waals surface area contributed by atoms with Gasteiger partial charge in [0.1, 0.15) is 29.8 Å². The van der Waals surface area contributed by atoms with Crippen molar-refractivity contribution in [2.24, 2.45) is 0 Å². The van der Waals surface area contributed by atoms with Gasteiger partial charge in [0, 0.05) is 24.7 Å². The molecule has 4 atom stereocenters. The van der Waals surface area contributed by atoms with Crippen LogP contribution < -0.4 is 10.1 Å². The van der Waals surface area contributed by atoms with E-state index < -0.39 is 12.0 Å². The van der Waals surface area contributed by atoms with Gasteiger partial charge in [-0.1, -0.05) is 36.4 Å². The highest BCUT2D eigenvalue weighted by atomic mass is 16.8. The predicted octanol–water partition coefficient (Wildman–Crippen LogP) is 4.57. The quantitative estimate of drug-likeness (QED) is 0.616. The lowest BCUT2D eigenvalue weighted by molar-refractivity contribution is -0.247. The Labute approximate surface area is 197 Å². The Balaban J connectivity index is 1.16. The van der Waals surface area contributed by atoms with Crippen LogP contribution >= 0.6 is 0 Å². The van der Waals surface area contributed by atoms with Gasteiger partial charge in [-0.05, 0) is 49.6 Å². The zero-order chi connectivity index (χ0) is 23.4. The molecule has 176 valence electrons. The smallest absolute Gasteiger partial charge is 0.338 e. The number of hydrogen-bond donors (Lipinski definition) is 1. The minimum Gasteiger partial charge on any atom is -0.457 e. The molecule has 0 aromatic heterocycles. The predicted molar refractivity (Wildman–Crippen MR) is 126 cm³/mol. The fraction of sp³-hybridized carbons (Fsp3) is 0.346. The number of ether oxygens (including phenoxy) is 4. The van der Waals surface area contributed by atoms with Crippen molar-refractivity contribution >= 4 is 22.5 Å². The number of nitrogens with one attached hydrogen (secondary N) is 1. The molecule has 3 fully saturated rings. The van der Waals surface area contributed by atoms with E-state index in [1.807, 2.05) is 80.5 Å². The molecule has 8 nitrogen and oxygen atoms in total. The minimum absolute atomic E-state index is 0.128. The molecule has 2 amide bonds. The first kappa shape index (κ1) is 21.4. The Hall–Kier alpha value is -3.17. The second-order valence-corrected chi connectivity index (χ2v) is 9.35. The monoisotopic (exact) mass is 461 g/mol. The van der Waals surface area contributed by atoms with Gasteiger partial charge < -0.3 is 24.3 Å². The molecule has 0 unspecified atom stereocenters. The molecule has 2 bridgehead atoms. The number of likely N-dealkylation sites (N-methyl/N-ethyl adjacent to an activating group) is 1. The molecule has 0 spiro atoms. The van der Waals surface area contributed by atoms with Gasteiger partial charge in [-0.15, -0.1) is 0 Å². The number of nitrogens with zero attached hydrogens (tertiary/aromatic N) is 2. The number of carbonyl (C=O) groups is 1. The van der Waals surface area contributed by atoms with Crippen molar-refractivity contribution in [3.05, 3.63) is 66.7 Å². The third kappa shape index (κ3) is 3.69. The van der Waals surface area contributed by atoms with E-state index >= 15 is 0 Å². The van der Waals surface area contributed by atoms with Crippen molar-refractivity contribution in [3.63, 3.8) is 0 Å². The zero-order valence-electron chi connectivity index (χ0n) is 19.3. The summed E-state index contributed by atoms with van der Waals surface area (Å²) in [5, 5.41) is 8.57. The molecular weight excluding hydrogens is 434 g/mol. The first-order chi connectivity index (χ1) is 16.4. The number of amides is 2. The minimum atomic E-state index is -0.687. The van der Waals surface area contributed by atoms with Crippen LogP contribution in [0.4, 0.5) is 10.5 Å². The molecule has 3 aromatic carbocycles. The van der Waals surface area contributed by atoms with Crippen LogP contribution in [-0.2, 0) is 14.2 Å². The van der Waals surface area contributed by atoms with E-state index in [0.717, 1.165) is 16.5 Å². The van der Waals surface area contributed by atoms with Crippen molar-refractivity contribution in [3.8, 4) is 11.5 Å². The van der Waals surface area contributed by atoms with E-state index in [1.165, 1.54) is 0 Å². The molecule has 3 aromatic rings. The van der Waals surface area contributed by atoms with Crippen LogP contribution in [-0.4, -0.2) is 60.0 Å². The summed E-state index contributed by atoms with van der Waals surface area (Å²) in [5.41, 5.74) is 0.657. The maximum atomic E-state index is 13.2. The average molecular weight is 462 g/mol.